The Bertz CT molecular complexity index is 855. The molecular formula is C18H17N3O2. The second kappa shape index (κ2) is 5.85. The molecule has 1 aromatic heterocycles. The van der Waals surface area contributed by atoms with Gasteiger partial charge in [0.2, 0.25) is 5.89 Å². The van der Waals surface area contributed by atoms with Crippen LogP contribution in [0, 0.1) is 0 Å². The number of oxazole rings is 1. The Balaban J connectivity index is 1.75. The molecule has 5 nitrogen and oxygen atoms in total. The first-order valence-corrected chi connectivity index (χ1v) is 7.73. The maximum absolute atomic E-state index is 5.93. The predicted molar refractivity (Wildman–Crippen MR) is 89.1 cm³/mol. The first kappa shape index (κ1) is 14.0. The summed E-state index contributed by atoms with van der Waals surface area (Å²) in [5, 5.41) is 4.40. The quantitative estimate of drug-likeness (QED) is 0.804. The van der Waals surface area contributed by atoms with E-state index in [0.29, 0.717) is 12.6 Å². The van der Waals surface area contributed by atoms with Crippen LogP contribution in [0.15, 0.2) is 58.0 Å². The Labute approximate surface area is 134 Å². The second-order valence-corrected chi connectivity index (χ2v) is 5.43. The van der Waals surface area contributed by atoms with Crippen molar-refractivity contribution in [1.29, 1.82) is 0 Å². The van der Waals surface area contributed by atoms with Gasteiger partial charge in [-0.15, -0.1) is 0 Å². The molecule has 0 amide bonds. The van der Waals surface area contributed by atoms with E-state index >= 15 is 0 Å². The molecule has 1 unspecified atom stereocenters. The summed E-state index contributed by atoms with van der Waals surface area (Å²) in [5.41, 5.74) is 7.35. The van der Waals surface area contributed by atoms with Gasteiger partial charge >= 0.3 is 0 Å². The number of aromatic nitrogens is 1. The average molecular weight is 307 g/mol. The highest BCUT2D eigenvalue weighted by atomic mass is 16.5. The number of ether oxygens (including phenoxy) is 1. The van der Waals surface area contributed by atoms with Crippen molar-refractivity contribution in [3.63, 3.8) is 0 Å². The van der Waals surface area contributed by atoms with Gasteiger partial charge in [-0.3, -0.25) is 5.43 Å². The third kappa shape index (κ3) is 2.59. The first-order valence-electron chi connectivity index (χ1n) is 7.73. The SMILES string of the molecule is CCC1OCNN=C1c1ccc2nc(-c3ccccc3)oc2c1. The fraction of sp³-hybridized carbons (Fsp3) is 0.222. The highest BCUT2D eigenvalue weighted by Crippen LogP contribution is 2.25. The van der Waals surface area contributed by atoms with Gasteiger partial charge in [-0.05, 0) is 30.7 Å². The lowest BCUT2D eigenvalue weighted by Crippen LogP contribution is -2.35. The number of benzene rings is 2. The van der Waals surface area contributed by atoms with E-state index in [1.165, 1.54) is 0 Å². The monoisotopic (exact) mass is 307 g/mol. The summed E-state index contributed by atoms with van der Waals surface area (Å²) < 4.78 is 11.6. The van der Waals surface area contributed by atoms with Crippen LogP contribution in [0.5, 0.6) is 0 Å². The van der Waals surface area contributed by atoms with Gasteiger partial charge in [0.05, 0.1) is 5.71 Å². The molecule has 5 heteroatoms. The summed E-state index contributed by atoms with van der Waals surface area (Å²) in [6, 6.07) is 15.9. The molecule has 0 spiro atoms. The normalized spacial score (nSPS) is 17.8. The van der Waals surface area contributed by atoms with Crippen LogP contribution in [0.25, 0.3) is 22.6 Å². The molecule has 1 N–H and O–H groups in total. The second-order valence-electron chi connectivity index (χ2n) is 5.43. The molecular weight excluding hydrogens is 290 g/mol. The third-order valence-electron chi connectivity index (χ3n) is 3.93. The topological polar surface area (TPSA) is 59.6 Å². The van der Waals surface area contributed by atoms with Gasteiger partial charge in [-0.1, -0.05) is 31.2 Å². The zero-order valence-electron chi connectivity index (χ0n) is 12.8. The van der Waals surface area contributed by atoms with Crippen LogP contribution < -0.4 is 5.43 Å². The summed E-state index contributed by atoms with van der Waals surface area (Å²) >= 11 is 0. The lowest BCUT2D eigenvalue weighted by Gasteiger charge is -2.23. The number of hydrogen-bond donors (Lipinski definition) is 1. The summed E-state index contributed by atoms with van der Waals surface area (Å²) in [6.07, 6.45) is 0.884. The average Bonchev–Trinajstić information content (AvgIpc) is 3.05. The van der Waals surface area contributed by atoms with Crippen LogP contribution in [0.4, 0.5) is 0 Å². The molecule has 23 heavy (non-hydrogen) atoms. The molecule has 1 aliphatic heterocycles. The predicted octanol–water partition coefficient (Wildman–Crippen LogP) is 3.55. The van der Waals surface area contributed by atoms with Gasteiger partial charge < -0.3 is 9.15 Å². The Hall–Kier alpha value is -2.66. The first-order chi connectivity index (χ1) is 11.3. The Kier molecular flexibility index (Phi) is 3.55. The molecule has 1 atom stereocenters. The van der Waals surface area contributed by atoms with Crippen LogP contribution in [-0.4, -0.2) is 23.5 Å². The molecule has 0 saturated carbocycles. The van der Waals surface area contributed by atoms with Crippen LogP contribution in [0.1, 0.15) is 18.9 Å². The van der Waals surface area contributed by atoms with Crippen molar-refractivity contribution in [3.05, 3.63) is 54.1 Å². The van der Waals surface area contributed by atoms with E-state index in [-0.39, 0.29) is 6.10 Å². The summed E-state index contributed by atoms with van der Waals surface area (Å²) in [7, 11) is 0. The molecule has 116 valence electrons. The Morgan fingerprint density at radius 1 is 1.13 bits per heavy atom. The van der Waals surface area contributed by atoms with Gasteiger partial charge in [0, 0.05) is 11.1 Å². The summed E-state index contributed by atoms with van der Waals surface area (Å²) in [4.78, 5) is 4.55. The minimum absolute atomic E-state index is 0.00483. The fourth-order valence-corrected chi connectivity index (χ4v) is 2.76. The molecule has 3 aromatic rings. The van der Waals surface area contributed by atoms with E-state index in [2.05, 4.69) is 22.4 Å². The molecule has 0 saturated heterocycles. The van der Waals surface area contributed by atoms with Gasteiger partial charge in [0.25, 0.3) is 0 Å². The van der Waals surface area contributed by atoms with Gasteiger partial charge in [0.1, 0.15) is 18.4 Å². The van der Waals surface area contributed by atoms with Crippen molar-refractivity contribution in [3.8, 4) is 11.5 Å². The van der Waals surface area contributed by atoms with Crippen molar-refractivity contribution >= 4 is 16.8 Å². The number of hydrogen-bond acceptors (Lipinski definition) is 5. The van der Waals surface area contributed by atoms with E-state index in [1.54, 1.807) is 0 Å². The highest BCUT2D eigenvalue weighted by Gasteiger charge is 2.21. The van der Waals surface area contributed by atoms with Crippen molar-refractivity contribution in [1.82, 2.24) is 10.4 Å². The lowest BCUT2D eigenvalue weighted by molar-refractivity contribution is 0.0690. The Morgan fingerprint density at radius 2 is 2.00 bits per heavy atom. The van der Waals surface area contributed by atoms with Crippen LogP contribution in [-0.2, 0) is 4.74 Å². The molecule has 0 bridgehead atoms. The molecule has 1 aliphatic rings. The Morgan fingerprint density at radius 3 is 2.83 bits per heavy atom. The number of rotatable bonds is 3. The number of fused-ring (bicyclic) bond motifs is 1. The van der Waals surface area contributed by atoms with Crippen molar-refractivity contribution in [2.45, 2.75) is 19.4 Å². The fourth-order valence-electron chi connectivity index (χ4n) is 2.76. The van der Waals surface area contributed by atoms with Gasteiger partial charge in [0.15, 0.2) is 5.58 Å². The number of nitrogens with zero attached hydrogens (tertiary/aromatic N) is 2. The van der Waals surface area contributed by atoms with Crippen LogP contribution in [0.2, 0.25) is 0 Å². The van der Waals surface area contributed by atoms with Crippen LogP contribution in [0.3, 0.4) is 0 Å². The molecule has 2 heterocycles. The van der Waals surface area contributed by atoms with E-state index in [9.17, 15) is 0 Å². The largest absolute Gasteiger partial charge is 0.436 e. The molecule has 4 rings (SSSR count). The molecule has 0 aliphatic carbocycles. The zero-order valence-corrected chi connectivity index (χ0v) is 12.8. The van der Waals surface area contributed by atoms with Crippen molar-refractivity contribution in [2.75, 3.05) is 6.73 Å². The number of nitrogens with one attached hydrogen (secondary N) is 1. The summed E-state index contributed by atoms with van der Waals surface area (Å²) in [6.45, 7) is 2.54. The molecule has 0 radical (unpaired) electrons. The smallest absolute Gasteiger partial charge is 0.227 e. The highest BCUT2D eigenvalue weighted by molar-refractivity contribution is 6.05. The molecule has 2 aromatic carbocycles. The van der Waals surface area contributed by atoms with E-state index < -0.39 is 0 Å². The van der Waals surface area contributed by atoms with E-state index in [0.717, 1.165) is 34.4 Å². The van der Waals surface area contributed by atoms with Gasteiger partial charge in [-0.2, -0.15) is 5.10 Å². The maximum Gasteiger partial charge on any atom is 0.227 e. The van der Waals surface area contributed by atoms with Crippen molar-refractivity contribution < 1.29 is 9.15 Å². The lowest BCUT2D eigenvalue weighted by atomic mass is 10.0. The standard InChI is InChI=1S/C18H17N3O2/c1-2-15-17(21-19-11-22-15)13-8-9-14-16(10-13)23-18(20-14)12-6-4-3-5-7-12/h3-10,15,19H,2,11H2,1H3. The third-order valence-corrected chi connectivity index (χ3v) is 3.93. The van der Waals surface area contributed by atoms with Crippen LogP contribution >= 0.6 is 0 Å². The van der Waals surface area contributed by atoms with Crippen molar-refractivity contribution in [2.24, 2.45) is 5.10 Å². The van der Waals surface area contributed by atoms with E-state index in [1.807, 2.05) is 48.5 Å². The minimum atomic E-state index is 0.00483. The maximum atomic E-state index is 5.93. The number of hydrazone groups is 1. The minimum Gasteiger partial charge on any atom is -0.436 e. The van der Waals surface area contributed by atoms with Gasteiger partial charge in [-0.25, -0.2) is 4.98 Å². The summed E-state index contributed by atoms with van der Waals surface area (Å²) in [5.74, 6) is 0.629. The molecule has 0 fully saturated rings. The van der Waals surface area contributed by atoms with E-state index in [4.69, 9.17) is 9.15 Å². The zero-order chi connectivity index (χ0) is 15.6.